The fourth-order valence-electron chi connectivity index (χ4n) is 3.46. The van der Waals surface area contributed by atoms with Gasteiger partial charge in [0, 0.05) is 11.1 Å². The van der Waals surface area contributed by atoms with Crippen LogP contribution in [-0.2, 0) is 0 Å². The maximum Gasteiger partial charge on any atom is 0.162 e. The van der Waals surface area contributed by atoms with Gasteiger partial charge in [-0.05, 0) is 24.6 Å². The van der Waals surface area contributed by atoms with Crippen molar-refractivity contribution in [1.82, 2.24) is 34.5 Å². The topological polar surface area (TPSA) is 96.7 Å². The zero-order valence-corrected chi connectivity index (χ0v) is 16.6. The molecule has 0 spiro atoms. The first-order valence-corrected chi connectivity index (χ1v) is 9.72. The smallest absolute Gasteiger partial charge is 0.162 e. The normalized spacial score (nSPS) is 12.5. The second-order valence-electron chi connectivity index (χ2n) is 6.74. The molecule has 150 valence electrons. The molecule has 30 heavy (non-hydrogen) atoms. The first kappa shape index (κ1) is 18.4. The minimum atomic E-state index is -0.341. The highest BCUT2D eigenvalue weighted by Crippen LogP contribution is 2.33. The molecule has 2 N–H and O–H groups in total. The average molecular weight is 423 g/mol. The fourth-order valence-corrected chi connectivity index (χ4v) is 3.63. The highest BCUT2D eigenvalue weighted by atomic mass is 35.5. The van der Waals surface area contributed by atoms with E-state index in [4.69, 9.17) is 11.6 Å². The standard InChI is InChI=1S/C20H16ClFN8/c1-2-14(28-20-18-19(25-9-24-18)26-10-27-20)13-7-16-23-8-15(21)30(16)29-17(13)11-4-3-5-12(22)6-11/h3-10,14H,2H2,1H3,(H2,24,25,26,27,28)/t14-/m1/s1. The van der Waals surface area contributed by atoms with Crippen LogP contribution in [-0.4, -0.2) is 34.5 Å². The van der Waals surface area contributed by atoms with Crippen LogP contribution in [0.25, 0.3) is 28.1 Å². The van der Waals surface area contributed by atoms with E-state index >= 15 is 0 Å². The molecule has 0 saturated heterocycles. The molecule has 1 aromatic carbocycles. The number of fused-ring (bicyclic) bond motifs is 2. The van der Waals surface area contributed by atoms with Gasteiger partial charge in [0.2, 0.25) is 0 Å². The van der Waals surface area contributed by atoms with E-state index in [2.05, 4.69) is 35.3 Å². The molecule has 0 aliphatic rings. The molecule has 10 heteroatoms. The Kier molecular flexibility index (Phi) is 4.51. The lowest BCUT2D eigenvalue weighted by Crippen LogP contribution is -2.14. The van der Waals surface area contributed by atoms with E-state index in [1.807, 2.05) is 19.1 Å². The predicted octanol–water partition coefficient (Wildman–Crippen LogP) is 4.42. The fraction of sp³-hybridized carbons (Fsp3) is 0.150. The van der Waals surface area contributed by atoms with Gasteiger partial charge in [-0.15, -0.1) is 0 Å². The van der Waals surface area contributed by atoms with Gasteiger partial charge in [0.15, 0.2) is 22.3 Å². The van der Waals surface area contributed by atoms with Crippen molar-refractivity contribution in [3.8, 4) is 11.3 Å². The third-order valence-electron chi connectivity index (χ3n) is 4.89. The van der Waals surface area contributed by atoms with Crippen molar-refractivity contribution in [3.63, 3.8) is 0 Å². The number of halogens is 2. The quantitative estimate of drug-likeness (QED) is 0.435. The van der Waals surface area contributed by atoms with Gasteiger partial charge in [0.05, 0.1) is 24.3 Å². The van der Waals surface area contributed by atoms with Crippen LogP contribution in [0.2, 0.25) is 5.15 Å². The summed E-state index contributed by atoms with van der Waals surface area (Å²) in [6, 6.07) is 8.04. The molecule has 0 unspecified atom stereocenters. The van der Waals surface area contributed by atoms with Crippen LogP contribution in [0.5, 0.6) is 0 Å². The number of anilines is 1. The van der Waals surface area contributed by atoms with E-state index in [1.165, 1.54) is 29.2 Å². The monoisotopic (exact) mass is 422 g/mol. The number of rotatable bonds is 5. The molecule has 0 aliphatic heterocycles. The van der Waals surface area contributed by atoms with Crippen LogP contribution in [0, 0.1) is 5.82 Å². The zero-order valence-electron chi connectivity index (χ0n) is 15.8. The lowest BCUT2D eigenvalue weighted by Gasteiger charge is -2.21. The van der Waals surface area contributed by atoms with Gasteiger partial charge < -0.3 is 10.3 Å². The summed E-state index contributed by atoms with van der Waals surface area (Å²) in [5.41, 5.74) is 3.98. The van der Waals surface area contributed by atoms with E-state index in [9.17, 15) is 4.39 Å². The third kappa shape index (κ3) is 3.13. The van der Waals surface area contributed by atoms with Gasteiger partial charge in [0.1, 0.15) is 17.7 Å². The molecule has 0 saturated carbocycles. The molecule has 0 amide bonds. The van der Waals surface area contributed by atoms with E-state index < -0.39 is 0 Å². The van der Waals surface area contributed by atoms with Crippen molar-refractivity contribution in [2.75, 3.05) is 5.32 Å². The molecule has 0 fully saturated rings. The summed E-state index contributed by atoms with van der Waals surface area (Å²) in [6.07, 6.45) is 5.29. The summed E-state index contributed by atoms with van der Waals surface area (Å²) in [6.45, 7) is 2.04. The Morgan fingerprint density at radius 1 is 1.20 bits per heavy atom. The Morgan fingerprint density at radius 2 is 2.10 bits per heavy atom. The summed E-state index contributed by atoms with van der Waals surface area (Å²) >= 11 is 6.23. The average Bonchev–Trinajstić information content (AvgIpc) is 3.38. The maximum absolute atomic E-state index is 14.0. The summed E-state index contributed by atoms with van der Waals surface area (Å²) < 4.78 is 15.5. The lowest BCUT2D eigenvalue weighted by atomic mass is 9.98. The highest BCUT2D eigenvalue weighted by molar-refractivity contribution is 6.29. The number of aromatic amines is 1. The summed E-state index contributed by atoms with van der Waals surface area (Å²) in [5, 5.41) is 8.48. The number of nitrogens with one attached hydrogen (secondary N) is 2. The molecule has 4 aromatic heterocycles. The highest BCUT2D eigenvalue weighted by Gasteiger charge is 2.21. The first-order chi connectivity index (χ1) is 14.6. The third-order valence-corrected chi connectivity index (χ3v) is 5.15. The molecule has 1 atom stereocenters. The van der Waals surface area contributed by atoms with Crippen LogP contribution in [0.15, 0.2) is 49.2 Å². The minimum Gasteiger partial charge on any atom is -0.361 e. The second-order valence-corrected chi connectivity index (χ2v) is 7.12. The van der Waals surface area contributed by atoms with Gasteiger partial charge >= 0.3 is 0 Å². The van der Waals surface area contributed by atoms with E-state index in [-0.39, 0.29) is 11.9 Å². The van der Waals surface area contributed by atoms with E-state index in [0.717, 1.165) is 5.56 Å². The number of nitrogens with zero attached hydrogens (tertiary/aromatic N) is 6. The second kappa shape index (κ2) is 7.34. The van der Waals surface area contributed by atoms with Gasteiger partial charge in [-0.3, -0.25) is 0 Å². The number of hydrogen-bond donors (Lipinski definition) is 2. The van der Waals surface area contributed by atoms with E-state index in [1.54, 1.807) is 12.4 Å². The van der Waals surface area contributed by atoms with Crippen LogP contribution < -0.4 is 5.32 Å². The maximum atomic E-state index is 14.0. The zero-order chi connectivity index (χ0) is 20.7. The molecule has 5 aromatic rings. The summed E-state index contributed by atoms with van der Waals surface area (Å²) in [5.74, 6) is 0.256. The predicted molar refractivity (Wildman–Crippen MR) is 112 cm³/mol. The molecular formula is C20H16ClFN8. The van der Waals surface area contributed by atoms with Crippen molar-refractivity contribution in [2.45, 2.75) is 19.4 Å². The van der Waals surface area contributed by atoms with Gasteiger partial charge in [-0.1, -0.05) is 30.7 Å². The number of H-pyrrole nitrogens is 1. The summed E-state index contributed by atoms with van der Waals surface area (Å²) in [7, 11) is 0. The van der Waals surface area contributed by atoms with Crippen LogP contribution in [0.3, 0.4) is 0 Å². The van der Waals surface area contributed by atoms with Crippen molar-refractivity contribution in [2.24, 2.45) is 0 Å². The Labute approximate surface area is 175 Å². The van der Waals surface area contributed by atoms with Crippen molar-refractivity contribution < 1.29 is 4.39 Å². The van der Waals surface area contributed by atoms with E-state index in [0.29, 0.717) is 45.5 Å². The van der Waals surface area contributed by atoms with Crippen LogP contribution >= 0.6 is 11.6 Å². The Balaban J connectivity index is 1.67. The SMILES string of the molecule is CC[C@@H](Nc1ncnc2[nH]cnc12)c1cc2ncc(Cl)n2nc1-c1cccc(F)c1. The number of benzene rings is 1. The summed E-state index contributed by atoms with van der Waals surface area (Å²) in [4.78, 5) is 20.1. The molecule has 0 radical (unpaired) electrons. The minimum absolute atomic E-state index is 0.189. The molecule has 0 bridgehead atoms. The molecule has 4 heterocycles. The van der Waals surface area contributed by atoms with Crippen LogP contribution in [0.4, 0.5) is 10.2 Å². The molecular weight excluding hydrogens is 407 g/mol. The number of hydrogen-bond acceptors (Lipinski definition) is 6. The van der Waals surface area contributed by atoms with Gasteiger partial charge in [-0.2, -0.15) is 5.10 Å². The van der Waals surface area contributed by atoms with Crippen molar-refractivity contribution in [1.29, 1.82) is 0 Å². The van der Waals surface area contributed by atoms with Crippen LogP contribution in [0.1, 0.15) is 24.9 Å². The Hall–Kier alpha value is -3.59. The first-order valence-electron chi connectivity index (χ1n) is 9.34. The molecule has 5 rings (SSSR count). The largest absolute Gasteiger partial charge is 0.361 e. The molecule has 0 aliphatic carbocycles. The van der Waals surface area contributed by atoms with Crippen molar-refractivity contribution in [3.05, 3.63) is 65.7 Å². The van der Waals surface area contributed by atoms with Gasteiger partial charge in [0.25, 0.3) is 0 Å². The number of imidazole rings is 2. The Morgan fingerprint density at radius 3 is 2.93 bits per heavy atom. The number of aromatic nitrogens is 7. The Bertz CT molecular complexity index is 1360. The van der Waals surface area contributed by atoms with Gasteiger partial charge in [-0.25, -0.2) is 28.8 Å². The van der Waals surface area contributed by atoms with Crippen molar-refractivity contribution >= 4 is 34.2 Å². The molecule has 8 nitrogen and oxygen atoms in total. The lowest BCUT2D eigenvalue weighted by molar-refractivity contribution is 0.628.